The summed E-state index contributed by atoms with van der Waals surface area (Å²) in [5, 5.41) is 4.42. The van der Waals surface area contributed by atoms with Crippen molar-refractivity contribution in [3.05, 3.63) is 41.7 Å². The zero-order chi connectivity index (χ0) is 11.7. The Morgan fingerprint density at radius 3 is 2.56 bits per heavy atom. The summed E-state index contributed by atoms with van der Waals surface area (Å²) in [6.07, 6.45) is 2.03. The van der Waals surface area contributed by atoms with Crippen LogP contribution in [0.1, 0.15) is 24.2 Å². The highest BCUT2D eigenvalue weighted by atomic mass is 15.3. The van der Waals surface area contributed by atoms with Crippen LogP contribution in [0.25, 0.3) is 11.1 Å². The number of rotatable bonds is 2. The molecule has 2 aromatic rings. The summed E-state index contributed by atoms with van der Waals surface area (Å²) in [6, 6.07) is 8.25. The standard InChI is InChI=1S/C13H17N3/c1-9-6-4-5-7-11(9)12-8-16(3)15-13(12)10(2)14/h4-8,10H,14H2,1-3H3. The first-order valence-electron chi connectivity index (χ1n) is 5.44. The molecule has 1 aromatic heterocycles. The minimum atomic E-state index is -0.0455. The lowest BCUT2D eigenvalue weighted by atomic mass is 9.99. The molecular formula is C13H17N3. The summed E-state index contributed by atoms with van der Waals surface area (Å²) < 4.78 is 1.82. The van der Waals surface area contributed by atoms with Gasteiger partial charge >= 0.3 is 0 Å². The predicted octanol–water partition coefficient (Wildman–Crippen LogP) is 2.42. The summed E-state index contributed by atoms with van der Waals surface area (Å²) in [5.41, 5.74) is 10.5. The maximum absolute atomic E-state index is 5.94. The van der Waals surface area contributed by atoms with Gasteiger partial charge in [-0.15, -0.1) is 0 Å². The molecular weight excluding hydrogens is 198 g/mol. The predicted molar refractivity (Wildman–Crippen MR) is 66.0 cm³/mol. The third kappa shape index (κ3) is 1.86. The maximum atomic E-state index is 5.94. The summed E-state index contributed by atoms with van der Waals surface area (Å²) >= 11 is 0. The Balaban J connectivity index is 2.60. The molecule has 0 saturated carbocycles. The van der Waals surface area contributed by atoms with Crippen molar-refractivity contribution in [2.75, 3.05) is 0 Å². The van der Waals surface area contributed by atoms with Gasteiger partial charge in [0.25, 0.3) is 0 Å². The van der Waals surface area contributed by atoms with Crippen LogP contribution < -0.4 is 5.73 Å². The van der Waals surface area contributed by atoms with E-state index in [0.717, 1.165) is 11.3 Å². The maximum Gasteiger partial charge on any atom is 0.0867 e. The average molecular weight is 215 g/mol. The highest BCUT2D eigenvalue weighted by Crippen LogP contribution is 2.28. The second-order valence-corrected chi connectivity index (χ2v) is 4.21. The SMILES string of the molecule is Cc1ccccc1-c1cn(C)nc1C(C)N. The Hall–Kier alpha value is -1.61. The van der Waals surface area contributed by atoms with Crippen molar-refractivity contribution in [2.24, 2.45) is 12.8 Å². The molecule has 0 bridgehead atoms. The van der Waals surface area contributed by atoms with E-state index in [1.165, 1.54) is 11.1 Å². The fraction of sp³-hybridized carbons (Fsp3) is 0.308. The van der Waals surface area contributed by atoms with Crippen LogP contribution in [0, 0.1) is 6.92 Å². The van der Waals surface area contributed by atoms with Gasteiger partial charge in [0.1, 0.15) is 0 Å². The molecule has 1 aromatic carbocycles. The number of nitrogens with zero attached hydrogens (tertiary/aromatic N) is 2. The molecule has 2 N–H and O–H groups in total. The van der Waals surface area contributed by atoms with E-state index in [1.54, 1.807) is 0 Å². The Labute approximate surface area is 95.9 Å². The molecule has 0 saturated heterocycles. The lowest BCUT2D eigenvalue weighted by Gasteiger charge is -2.07. The van der Waals surface area contributed by atoms with Gasteiger partial charge in [0.2, 0.25) is 0 Å². The van der Waals surface area contributed by atoms with E-state index in [0.29, 0.717) is 0 Å². The Morgan fingerprint density at radius 2 is 1.94 bits per heavy atom. The van der Waals surface area contributed by atoms with Crippen LogP contribution in [-0.2, 0) is 7.05 Å². The molecule has 16 heavy (non-hydrogen) atoms. The summed E-state index contributed by atoms with van der Waals surface area (Å²) in [6.45, 7) is 4.07. The molecule has 0 fully saturated rings. The Morgan fingerprint density at radius 1 is 1.25 bits per heavy atom. The summed E-state index contributed by atoms with van der Waals surface area (Å²) in [4.78, 5) is 0. The summed E-state index contributed by atoms with van der Waals surface area (Å²) in [5.74, 6) is 0. The van der Waals surface area contributed by atoms with E-state index in [9.17, 15) is 0 Å². The second-order valence-electron chi connectivity index (χ2n) is 4.21. The van der Waals surface area contributed by atoms with Crippen LogP contribution >= 0.6 is 0 Å². The quantitative estimate of drug-likeness (QED) is 0.836. The molecule has 1 atom stereocenters. The lowest BCUT2D eigenvalue weighted by molar-refractivity contribution is 0.699. The zero-order valence-corrected chi connectivity index (χ0v) is 9.94. The van der Waals surface area contributed by atoms with Gasteiger partial charge in [-0.25, -0.2) is 0 Å². The van der Waals surface area contributed by atoms with Gasteiger partial charge in [0, 0.05) is 24.8 Å². The van der Waals surface area contributed by atoms with Gasteiger partial charge in [-0.1, -0.05) is 24.3 Å². The molecule has 3 nitrogen and oxygen atoms in total. The first-order chi connectivity index (χ1) is 7.59. The van der Waals surface area contributed by atoms with Crippen molar-refractivity contribution in [3.8, 4) is 11.1 Å². The zero-order valence-electron chi connectivity index (χ0n) is 9.94. The number of hydrogen-bond donors (Lipinski definition) is 1. The van der Waals surface area contributed by atoms with Gasteiger partial charge in [-0.2, -0.15) is 5.10 Å². The van der Waals surface area contributed by atoms with Crippen LogP contribution in [0.5, 0.6) is 0 Å². The number of aromatic nitrogens is 2. The van der Waals surface area contributed by atoms with Crippen molar-refractivity contribution < 1.29 is 0 Å². The minimum Gasteiger partial charge on any atom is -0.323 e. The first kappa shape index (κ1) is 10.9. The van der Waals surface area contributed by atoms with Gasteiger partial charge in [0.15, 0.2) is 0 Å². The van der Waals surface area contributed by atoms with Crippen molar-refractivity contribution >= 4 is 0 Å². The van der Waals surface area contributed by atoms with Gasteiger partial charge in [-0.3, -0.25) is 4.68 Å². The molecule has 84 valence electrons. The number of nitrogens with two attached hydrogens (primary N) is 1. The molecule has 2 rings (SSSR count). The minimum absolute atomic E-state index is 0.0455. The topological polar surface area (TPSA) is 43.8 Å². The largest absolute Gasteiger partial charge is 0.323 e. The molecule has 0 amide bonds. The molecule has 1 heterocycles. The second kappa shape index (κ2) is 4.10. The molecule has 0 radical (unpaired) electrons. The fourth-order valence-corrected chi connectivity index (χ4v) is 1.92. The van der Waals surface area contributed by atoms with Crippen LogP contribution in [0.3, 0.4) is 0 Å². The van der Waals surface area contributed by atoms with Gasteiger partial charge in [-0.05, 0) is 25.0 Å². The van der Waals surface area contributed by atoms with Crippen LogP contribution in [0.4, 0.5) is 0 Å². The number of aryl methyl sites for hydroxylation is 2. The highest BCUT2D eigenvalue weighted by Gasteiger charge is 2.14. The van der Waals surface area contributed by atoms with E-state index in [-0.39, 0.29) is 6.04 Å². The Bertz CT molecular complexity index is 498. The van der Waals surface area contributed by atoms with Crippen LogP contribution in [0.2, 0.25) is 0 Å². The third-order valence-corrected chi connectivity index (χ3v) is 2.72. The van der Waals surface area contributed by atoms with Crippen molar-refractivity contribution in [1.82, 2.24) is 9.78 Å². The third-order valence-electron chi connectivity index (χ3n) is 2.72. The smallest absolute Gasteiger partial charge is 0.0867 e. The van der Waals surface area contributed by atoms with Gasteiger partial charge in [0.05, 0.1) is 5.69 Å². The highest BCUT2D eigenvalue weighted by molar-refractivity contribution is 5.69. The Kier molecular flexibility index (Phi) is 2.79. The van der Waals surface area contributed by atoms with Gasteiger partial charge < -0.3 is 5.73 Å². The van der Waals surface area contributed by atoms with E-state index in [1.807, 2.05) is 37.0 Å². The van der Waals surface area contributed by atoms with E-state index in [4.69, 9.17) is 5.73 Å². The molecule has 0 aliphatic heterocycles. The molecule has 3 heteroatoms. The fourth-order valence-electron chi connectivity index (χ4n) is 1.92. The van der Waals surface area contributed by atoms with E-state index < -0.39 is 0 Å². The van der Waals surface area contributed by atoms with E-state index >= 15 is 0 Å². The number of hydrogen-bond acceptors (Lipinski definition) is 2. The summed E-state index contributed by atoms with van der Waals surface area (Å²) in [7, 11) is 1.92. The molecule has 0 spiro atoms. The molecule has 0 aliphatic carbocycles. The monoisotopic (exact) mass is 215 g/mol. The molecule has 1 unspecified atom stereocenters. The van der Waals surface area contributed by atoms with Crippen molar-refractivity contribution in [3.63, 3.8) is 0 Å². The lowest BCUT2D eigenvalue weighted by Crippen LogP contribution is -2.07. The molecule has 0 aliphatic rings. The van der Waals surface area contributed by atoms with Crippen molar-refractivity contribution in [2.45, 2.75) is 19.9 Å². The van der Waals surface area contributed by atoms with Crippen LogP contribution in [0.15, 0.2) is 30.5 Å². The van der Waals surface area contributed by atoms with E-state index in [2.05, 4.69) is 24.2 Å². The number of benzene rings is 1. The average Bonchev–Trinajstić information content (AvgIpc) is 2.61. The first-order valence-corrected chi connectivity index (χ1v) is 5.44. The van der Waals surface area contributed by atoms with Crippen molar-refractivity contribution in [1.29, 1.82) is 0 Å². The normalized spacial score (nSPS) is 12.8. The van der Waals surface area contributed by atoms with Crippen LogP contribution in [-0.4, -0.2) is 9.78 Å².